The van der Waals surface area contributed by atoms with Crippen molar-refractivity contribution in [2.24, 2.45) is 11.8 Å². The zero-order chi connectivity index (χ0) is 29.5. The van der Waals surface area contributed by atoms with Gasteiger partial charge in [-0.15, -0.1) is 0 Å². The van der Waals surface area contributed by atoms with Crippen LogP contribution >= 0.6 is 0 Å². The summed E-state index contributed by atoms with van der Waals surface area (Å²) in [6.45, 7) is 5.24. The van der Waals surface area contributed by atoms with E-state index >= 15 is 0 Å². The monoisotopic (exact) mass is 572 g/mol. The van der Waals surface area contributed by atoms with E-state index < -0.39 is 5.97 Å². The predicted molar refractivity (Wildman–Crippen MR) is 169 cm³/mol. The molecule has 7 rings (SSSR count). The molecule has 2 aliphatic rings. The Morgan fingerprint density at radius 1 is 0.953 bits per heavy atom. The normalized spacial score (nSPS) is 19.4. The summed E-state index contributed by atoms with van der Waals surface area (Å²) < 4.78 is 2.10. The summed E-state index contributed by atoms with van der Waals surface area (Å²) in [5.41, 5.74) is 14.1. The third kappa shape index (κ3) is 5.27. The average molecular weight is 573 g/mol. The minimum Gasteiger partial charge on any atom is -0.481 e. The van der Waals surface area contributed by atoms with Crippen LogP contribution in [0, 0.1) is 18.8 Å². The van der Waals surface area contributed by atoms with Gasteiger partial charge in [0.15, 0.2) is 11.5 Å². The van der Waals surface area contributed by atoms with Gasteiger partial charge >= 0.3 is 5.97 Å². The third-order valence-corrected chi connectivity index (χ3v) is 9.24. The second-order valence-corrected chi connectivity index (χ2v) is 12.1. The molecule has 0 spiro atoms. The Labute approximate surface area is 251 Å². The number of hydrogen-bond donors (Lipinski definition) is 2. The van der Waals surface area contributed by atoms with Crippen LogP contribution in [0.1, 0.15) is 42.7 Å². The predicted octanol–water partition coefficient (Wildman–Crippen LogP) is 6.33. The van der Waals surface area contributed by atoms with Crippen molar-refractivity contribution in [3.8, 4) is 28.3 Å². The molecule has 0 amide bonds. The third-order valence-electron chi connectivity index (χ3n) is 9.24. The summed E-state index contributed by atoms with van der Waals surface area (Å²) >= 11 is 0. The number of nitrogens with zero attached hydrogens (tertiary/aromatic N) is 5. The molecular formula is C35H36N6O2. The summed E-state index contributed by atoms with van der Waals surface area (Å²) in [5.74, 6) is 1.49. The van der Waals surface area contributed by atoms with Crippen LogP contribution in [0.15, 0.2) is 79.0 Å². The van der Waals surface area contributed by atoms with Gasteiger partial charge in [-0.1, -0.05) is 42.5 Å². The van der Waals surface area contributed by atoms with Crippen LogP contribution in [0.25, 0.3) is 39.5 Å². The molecule has 0 radical (unpaired) electrons. The van der Waals surface area contributed by atoms with Gasteiger partial charge in [-0.05, 0) is 80.0 Å². The molecule has 8 nitrogen and oxygen atoms in total. The van der Waals surface area contributed by atoms with E-state index in [0.717, 1.165) is 90.4 Å². The maximum Gasteiger partial charge on any atom is 0.306 e. The van der Waals surface area contributed by atoms with Gasteiger partial charge in [0.2, 0.25) is 0 Å². The molecule has 3 N–H and O–H groups in total. The summed E-state index contributed by atoms with van der Waals surface area (Å²) in [5, 5.41) is 9.28. The molecule has 4 heterocycles. The second kappa shape index (κ2) is 11.3. The molecule has 0 bridgehead atoms. The van der Waals surface area contributed by atoms with Gasteiger partial charge in [0.25, 0.3) is 0 Å². The number of aliphatic carboxylic acids is 1. The van der Waals surface area contributed by atoms with Gasteiger partial charge in [0.05, 0.1) is 17.2 Å². The zero-order valence-electron chi connectivity index (χ0n) is 24.4. The Morgan fingerprint density at radius 3 is 2.40 bits per heavy atom. The highest BCUT2D eigenvalue weighted by molar-refractivity contribution is 5.85. The molecule has 0 atom stereocenters. The molecule has 1 aliphatic heterocycles. The Kier molecular flexibility index (Phi) is 7.15. The first-order valence-electron chi connectivity index (χ1n) is 15.2. The molecule has 3 aromatic heterocycles. The van der Waals surface area contributed by atoms with E-state index in [9.17, 15) is 9.90 Å². The lowest BCUT2D eigenvalue weighted by molar-refractivity contribution is -0.143. The summed E-state index contributed by atoms with van der Waals surface area (Å²) in [6.07, 6.45) is 5.37. The maximum atomic E-state index is 11.3. The van der Waals surface area contributed by atoms with E-state index in [1.807, 2.05) is 30.3 Å². The minimum atomic E-state index is -0.631. The number of anilines is 1. The number of hydrogen-bond acceptors (Lipinski definition) is 6. The first kappa shape index (κ1) is 27.3. The van der Waals surface area contributed by atoms with Crippen LogP contribution in [0.2, 0.25) is 0 Å². The van der Waals surface area contributed by atoms with Crippen LogP contribution in [-0.4, -0.2) is 55.1 Å². The van der Waals surface area contributed by atoms with Crippen LogP contribution < -0.4 is 5.73 Å². The highest BCUT2D eigenvalue weighted by Crippen LogP contribution is 2.36. The number of carboxylic acids is 1. The highest BCUT2D eigenvalue weighted by atomic mass is 16.4. The lowest BCUT2D eigenvalue weighted by atomic mass is 9.80. The number of nitrogen functional groups attached to an aromatic ring is 1. The van der Waals surface area contributed by atoms with Crippen LogP contribution in [-0.2, 0) is 4.79 Å². The fourth-order valence-electron chi connectivity index (χ4n) is 6.80. The largest absolute Gasteiger partial charge is 0.481 e. The maximum absolute atomic E-state index is 11.3. The Bertz CT molecular complexity index is 1770. The summed E-state index contributed by atoms with van der Waals surface area (Å²) in [7, 11) is 0. The van der Waals surface area contributed by atoms with Crippen molar-refractivity contribution < 1.29 is 9.90 Å². The molecule has 1 saturated heterocycles. The van der Waals surface area contributed by atoms with Crippen molar-refractivity contribution in [2.45, 2.75) is 38.5 Å². The van der Waals surface area contributed by atoms with E-state index in [4.69, 9.17) is 15.7 Å². The SMILES string of the molecule is Cc1cc2nc(-c3cccnc3N)n(-c3ccc(C4CN(C[C@H]5CC[C@H](C(=O)O)CC5)C4)cc3)c2nc1-c1ccccc1. The number of carbonyl (C=O) groups is 1. The zero-order valence-corrected chi connectivity index (χ0v) is 24.4. The number of benzene rings is 2. The number of rotatable bonds is 7. The lowest BCUT2D eigenvalue weighted by Gasteiger charge is -2.42. The number of nitrogens with two attached hydrogens (primary N) is 1. The van der Waals surface area contributed by atoms with Gasteiger partial charge in [-0.25, -0.2) is 15.0 Å². The van der Waals surface area contributed by atoms with E-state index in [1.165, 1.54) is 5.56 Å². The Morgan fingerprint density at radius 2 is 1.70 bits per heavy atom. The Hall–Kier alpha value is -4.56. The van der Waals surface area contributed by atoms with E-state index in [2.05, 4.69) is 63.8 Å². The van der Waals surface area contributed by atoms with Gasteiger partial charge in [-0.2, -0.15) is 0 Å². The molecule has 2 fully saturated rings. The summed E-state index contributed by atoms with van der Waals surface area (Å²) in [6, 6.07) is 24.9. The molecule has 1 saturated carbocycles. The molecule has 5 aromatic rings. The van der Waals surface area contributed by atoms with Gasteiger partial charge in [0.1, 0.15) is 11.3 Å². The quantitative estimate of drug-likeness (QED) is 0.234. The van der Waals surface area contributed by atoms with Crippen molar-refractivity contribution in [1.82, 2.24) is 24.4 Å². The molecule has 8 heteroatoms. The number of fused-ring (bicyclic) bond motifs is 1. The summed E-state index contributed by atoms with van der Waals surface area (Å²) in [4.78, 5) is 28.3. The van der Waals surface area contributed by atoms with E-state index in [-0.39, 0.29) is 5.92 Å². The standard InChI is InChI=1S/C35H36N6O2/c1-22-18-30-34(39-31(22)25-6-3-2-4-7-25)41(33(38-30)29-8-5-17-37-32(29)36)28-15-13-24(14-16-28)27-20-40(21-27)19-23-9-11-26(12-10-23)35(42)43/h2-8,13-18,23,26-27H,9-12,19-21H2,1H3,(H2,36,37)(H,42,43)/t23-,26-. The average Bonchev–Trinajstić information content (AvgIpc) is 3.37. The van der Waals surface area contributed by atoms with Crippen molar-refractivity contribution in [3.63, 3.8) is 0 Å². The number of pyridine rings is 2. The minimum absolute atomic E-state index is 0.147. The molecule has 1 aliphatic carbocycles. The van der Waals surface area contributed by atoms with Gasteiger partial charge in [-0.3, -0.25) is 9.36 Å². The van der Waals surface area contributed by atoms with Crippen molar-refractivity contribution in [2.75, 3.05) is 25.4 Å². The van der Waals surface area contributed by atoms with Gasteiger partial charge in [0, 0.05) is 43.0 Å². The molecule has 218 valence electrons. The fourth-order valence-corrected chi connectivity index (χ4v) is 6.80. The van der Waals surface area contributed by atoms with Crippen LogP contribution in [0.5, 0.6) is 0 Å². The molecule has 43 heavy (non-hydrogen) atoms. The number of carboxylic acid groups (broad SMARTS) is 1. The van der Waals surface area contributed by atoms with Crippen LogP contribution in [0.4, 0.5) is 5.82 Å². The van der Waals surface area contributed by atoms with E-state index in [0.29, 0.717) is 17.7 Å². The number of aryl methyl sites for hydroxylation is 1. The van der Waals surface area contributed by atoms with E-state index in [1.54, 1.807) is 6.20 Å². The smallest absolute Gasteiger partial charge is 0.306 e. The number of aromatic nitrogens is 4. The number of likely N-dealkylation sites (tertiary alicyclic amines) is 1. The molecular weight excluding hydrogens is 536 g/mol. The van der Waals surface area contributed by atoms with Crippen molar-refractivity contribution >= 4 is 23.0 Å². The van der Waals surface area contributed by atoms with Crippen molar-refractivity contribution in [1.29, 1.82) is 0 Å². The Balaban J connectivity index is 1.16. The first-order valence-corrected chi connectivity index (χ1v) is 15.2. The number of imidazole rings is 1. The van der Waals surface area contributed by atoms with Crippen LogP contribution in [0.3, 0.4) is 0 Å². The topological polar surface area (TPSA) is 110 Å². The lowest BCUT2D eigenvalue weighted by Crippen LogP contribution is -2.47. The fraction of sp³-hybridized carbons (Fsp3) is 0.314. The highest BCUT2D eigenvalue weighted by Gasteiger charge is 2.32. The van der Waals surface area contributed by atoms with Gasteiger partial charge < -0.3 is 15.7 Å². The first-order chi connectivity index (χ1) is 20.9. The second-order valence-electron chi connectivity index (χ2n) is 12.1. The molecule has 2 aromatic carbocycles. The molecule has 0 unspecified atom stereocenters. The van der Waals surface area contributed by atoms with Crippen molar-refractivity contribution in [3.05, 3.63) is 90.1 Å².